The van der Waals surface area contributed by atoms with Crippen molar-refractivity contribution < 1.29 is 8.78 Å². The highest BCUT2D eigenvalue weighted by molar-refractivity contribution is 14.1. The first-order chi connectivity index (χ1) is 6.57. The van der Waals surface area contributed by atoms with E-state index in [1.54, 1.807) is 0 Å². The largest absolute Gasteiger partial charge is 0.266 e. The van der Waals surface area contributed by atoms with Crippen LogP contribution in [-0.2, 0) is 6.42 Å². The van der Waals surface area contributed by atoms with Gasteiger partial charge in [0.05, 0.1) is 23.7 Å². The first-order valence-electron chi connectivity index (χ1n) is 3.55. The van der Waals surface area contributed by atoms with Gasteiger partial charge >= 0.3 is 0 Å². The van der Waals surface area contributed by atoms with E-state index in [1.165, 1.54) is 6.20 Å². The summed E-state index contributed by atoms with van der Waals surface area (Å²) in [6.45, 7) is 0. The topological polar surface area (TPSA) is 36.7 Å². The Bertz CT molecular complexity index is 388. The Labute approximate surface area is 107 Å². The molecule has 2 nitrogen and oxygen atoms in total. The summed E-state index contributed by atoms with van der Waals surface area (Å²) in [5.74, 6) is 0. The van der Waals surface area contributed by atoms with E-state index in [2.05, 4.69) is 4.98 Å². The SMILES string of the molecule is N#CCc1ncc(I)c(I)c1C(F)F. The third-order valence-electron chi connectivity index (χ3n) is 1.56. The molecule has 0 aliphatic carbocycles. The zero-order chi connectivity index (χ0) is 10.7. The molecule has 0 radical (unpaired) electrons. The molecule has 14 heavy (non-hydrogen) atoms. The molecule has 1 heterocycles. The van der Waals surface area contributed by atoms with Crippen LogP contribution in [0, 0.1) is 18.5 Å². The average Bonchev–Trinajstić information content (AvgIpc) is 2.11. The minimum atomic E-state index is -2.58. The van der Waals surface area contributed by atoms with Gasteiger partial charge < -0.3 is 0 Å². The number of alkyl halides is 2. The van der Waals surface area contributed by atoms with Crippen molar-refractivity contribution in [2.75, 3.05) is 0 Å². The molecule has 0 spiro atoms. The zero-order valence-electron chi connectivity index (χ0n) is 6.77. The number of rotatable bonds is 2. The fourth-order valence-electron chi connectivity index (χ4n) is 0.954. The predicted molar refractivity (Wildman–Crippen MR) is 63.9 cm³/mol. The summed E-state index contributed by atoms with van der Waals surface area (Å²) in [6, 6.07) is 1.82. The van der Waals surface area contributed by atoms with E-state index in [4.69, 9.17) is 5.26 Å². The van der Waals surface area contributed by atoms with Crippen molar-refractivity contribution >= 4 is 45.2 Å². The highest BCUT2D eigenvalue weighted by atomic mass is 127. The smallest absolute Gasteiger partial charge is 0.259 e. The van der Waals surface area contributed by atoms with Crippen LogP contribution in [0.3, 0.4) is 0 Å². The molecule has 1 aromatic heterocycles. The second kappa shape index (κ2) is 5.16. The summed E-state index contributed by atoms with van der Waals surface area (Å²) in [5.41, 5.74) is 0.0615. The van der Waals surface area contributed by atoms with Crippen LogP contribution in [-0.4, -0.2) is 4.98 Å². The second-order valence-electron chi connectivity index (χ2n) is 2.42. The molecule has 0 fully saturated rings. The quantitative estimate of drug-likeness (QED) is 0.690. The molecule has 0 aliphatic rings. The predicted octanol–water partition coefficient (Wildman–Crippen LogP) is 3.29. The lowest BCUT2D eigenvalue weighted by Gasteiger charge is -2.08. The third-order valence-corrected chi connectivity index (χ3v) is 4.57. The molecule has 6 heteroatoms. The maximum Gasteiger partial charge on any atom is 0.266 e. The van der Waals surface area contributed by atoms with E-state index in [-0.39, 0.29) is 17.7 Å². The maximum absolute atomic E-state index is 12.6. The Morgan fingerprint density at radius 2 is 2.14 bits per heavy atom. The molecule has 74 valence electrons. The van der Waals surface area contributed by atoms with Crippen LogP contribution in [0.25, 0.3) is 0 Å². The van der Waals surface area contributed by atoms with Gasteiger partial charge in [0.15, 0.2) is 0 Å². The van der Waals surface area contributed by atoms with E-state index in [0.29, 0.717) is 7.14 Å². The molecule has 1 rings (SSSR count). The molecular formula is C8H4F2I2N2. The fraction of sp³-hybridized carbons (Fsp3) is 0.250. The van der Waals surface area contributed by atoms with Gasteiger partial charge in [0.2, 0.25) is 0 Å². The van der Waals surface area contributed by atoms with Crippen LogP contribution in [0.4, 0.5) is 8.78 Å². The number of halogens is 4. The highest BCUT2D eigenvalue weighted by Crippen LogP contribution is 2.29. The molecular weight excluding hydrogens is 416 g/mol. The summed E-state index contributed by atoms with van der Waals surface area (Å²) < 4.78 is 26.4. The van der Waals surface area contributed by atoms with Crippen molar-refractivity contribution in [2.45, 2.75) is 12.8 Å². The monoisotopic (exact) mass is 420 g/mol. The lowest BCUT2D eigenvalue weighted by Crippen LogP contribution is -2.02. The van der Waals surface area contributed by atoms with Crippen LogP contribution in [0.5, 0.6) is 0 Å². The van der Waals surface area contributed by atoms with Crippen LogP contribution in [0.15, 0.2) is 6.20 Å². The average molecular weight is 420 g/mol. The van der Waals surface area contributed by atoms with E-state index in [0.717, 1.165) is 0 Å². The van der Waals surface area contributed by atoms with Gasteiger partial charge in [-0.3, -0.25) is 4.98 Å². The molecule has 1 aromatic rings. The summed E-state index contributed by atoms with van der Waals surface area (Å²) in [6.07, 6.45) is -1.15. The maximum atomic E-state index is 12.6. The highest BCUT2D eigenvalue weighted by Gasteiger charge is 2.19. The Balaban J connectivity index is 3.31. The zero-order valence-corrected chi connectivity index (χ0v) is 11.1. The Morgan fingerprint density at radius 3 is 2.64 bits per heavy atom. The fourth-order valence-corrected chi connectivity index (χ4v) is 2.07. The number of pyridine rings is 1. The molecule has 0 saturated carbocycles. The summed E-state index contributed by atoms with van der Waals surface area (Å²) in [4.78, 5) is 3.84. The van der Waals surface area contributed by atoms with Gasteiger partial charge in [0.1, 0.15) is 0 Å². The number of hydrogen-bond donors (Lipinski definition) is 0. The van der Waals surface area contributed by atoms with E-state index in [1.807, 2.05) is 51.3 Å². The standard InChI is InChI=1S/C8H4F2I2N2/c9-8(10)6-5(1-2-13)14-3-4(11)7(6)12/h3,8H,1H2. The molecule has 0 aliphatic heterocycles. The summed E-state index contributed by atoms with van der Waals surface area (Å²) in [5, 5.41) is 8.45. The molecule has 0 amide bonds. The number of aromatic nitrogens is 1. The Kier molecular flexibility index (Phi) is 4.43. The normalized spacial score (nSPS) is 10.3. The molecule has 0 atom stereocenters. The molecule has 0 saturated heterocycles. The number of nitrogens with zero attached hydrogens (tertiary/aromatic N) is 2. The third kappa shape index (κ3) is 2.50. The minimum absolute atomic E-state index is 0.0768. The van der Waals surface area contributed by atoms with Crippen molar-refractivity contribution in [3.8, 4) is 6.07 Å². The summed E-state index contributed by atoms with van der Waals surface area (Å²) >= 11 is 3.79. The minimum Gasteiger partial charge on any atom is -0.259 e. The van der Waals surface area contributed by atoms with Gasteiger partial charge in [-0.15, -0.1) is 0 Å². The molecule has 0 unspecified atom stereocenters. The lowest BCUT2D eigenvalue weighted by molar-refractivity contribution is 0.148. The van der Waals surface area contributed by atoms with Crippen LogP contribution < -0.4 is 0 Å². The first-order valence-corrected chi connectivity index (χ1v) is 5.71. The van der Waals surface area contributed by atoms with Crippen molar-refractivity contribution in [1.82, 2.24) is 4.98 Å². The van der Waals surface area contributed by atoms with Crippen molar-refractivity contribution in [1.29, 1.82) is 5.26 Å². The van der Waals surface area contributed by atoms with Crippen LogP contribution in [0.1, 0.15) is 17.7 Å². The lowest BCUT2D eigenvalue weighted by atomic mass is 10.1. The Hall–Kier alpha value is -0.0400. The van der Waals surface area contributed by atoms with Crippen molar-refractivity contribution in [3.63, 3.8) is 0 Å². The second-order valence-corrected chi connectivity index (χ2v) is 4.66. The molecule has 0 aromatic carbocycles. The van der Waals surface area contributed by atoms with Gasteiger partial charge in [-0.2, -0.15) is 5.26 Å². The van der Waals surface area contributed by atoms with Gasteiger partial charge in [-0.05, 0) is 45.2 Å². The Morgan fingerprint density at radius 1 is 1.50 bits per heavy atom. The van der Waals surface area contributed by atoms with E-state index in [9.17, 15) is 8.78 Å². The number of hydrogen-bond acceptors (Lipinski definition) is 2. The van der Waals surface area contributed by atoms with E-state index < -0.39 is 6.43 Å². The number of nitriles is 1. The van der Waals surface area contributed by atoms with Gasteiger partial charge in [0.25, 0.3) is 6.43 Å². The van der Waals surface area contributed by atoms with Crippen molar-refractivity contribution in [2.24, 2.45) is 0 Å². The van der Waals surface area contributed by atoms with E-state index >= 15 is 0 Å². The summed E-state index contributed by atoms with van der Waals surface area (Å²) in [7, 11) is 0. The van der Waals surface area contributed by atoms with Gasteiger partial charge in [-0.1, -0.05) is 0 Å². The molecule has 0 N–H and O–H groups in total. The van der Waals surface area contributed by atoms with Crippen LogP contribution in [0.2, 0.25) is 0 Å². The molecule has 0 bridgehead atoms. The van der Waals surface area contributed by atoms with Crippen molar-refractivity contribution in [3.05, 3.63) is 24.6 Å². The van der Waals surface area contributed by atoms with Crippen LogP contribution >= 0.6 is 45.2 Å². The van der Waals surface area contributed by atoms with Gasteiger partial charge in [0, 0.05) is 13.3 Å². The van der Waals surface area contributed by atoms with Gasteiger partial charge in [-0.25, -0.2) is 8.78 Å². The first kappa shape index (κ1) is 12.0.